The second kappa shape index (κ2) is 7.19. The summed E-state index contributed by atoms with van der Waals surface area (Å²) in [7, 11) is 0. The largest absolute Gasteiger partial charge is 0.362 e. The number of Topliss-reactive ketones (excluding diaryl/α,β-unsaturated/α-hetero) is 1. The number of amides is 1. The lowest BCUT2D eigenvalue weighted by atomic mass is 10.1. The Bertz CT molecular complexity index is 1040. The first-order chi connectivity index (χ1) is 13.0. The molecule has 3 aromatic rings. The van der Waals surface area contributed by atoms with Crippen LogP contribution in [0.1, 0.15) is 44.9 Å². The summed E-state index contributed by atoms with van der Waals surface area (Å²) in [6.45, 7) is 3.84. The van der Waals surface area contributed by atoms with Gasteiger partial charge in [-0.25, -0.2) is 4.98 Å². The summed E-state index contributed by atoms with van der Waals surface area (Å²) in [5.41, 5.74) is 3.96. The van der Waals surface area contributed by atoms with Crippen molar-refractivity contribution in [2.75, 3.05) is 5.75 Å². The highest BCUT2D eigenvalue weighted by molar-refractivity contribution is 7.99. The number of nitrogens with zero attached hydrogens (tertiary/aromatic N) is 1. The lowest BCUT2D eigenvalue weighted by molar-refractivity contribution is 0.0951. The van der Waals surface area contributed by atoms with Gasteiger partial charge in [-0.1, -0.05) is 30.0 Å². The zero-order valence-corrected chi connectivity index (χ0v) is 16.2. The molecule has 1 amide bonds. The predicted molar refractivity (Wildman–Crippen MR) is 108 cm³/mol. The van der Waals surface area contributed by atoms with Gasteiger partial charge in [0.1, 0.15) is 0 Å². The first kappa shape index (κ1) is 17.8. The first-order valence-electron chi connectivity index (χ1n) is 9.04. The number of carbonyl (C=O) groups excluding carboxylic acids is 2. The average molecular weight is 379 g/mol. The van der Waals surface area contributed by atoms with E-state index in [1.807, 2.05) is 44.2 Å². The molecule has 1 saturated carbocycles. The van der Waals surface area contributed by atoms with Crippen molar-refractivity contribution in [3.63, 3.8) is 0 Å². The number of thioether (sulfide) groups is 1. The van der Waals surface area contributed by atoms with Crippen molar-refractivity contribution in [2.45, 2.75) is 37.8 Å². The number of para-hydroxylation sites is 1. The maximum absolute atomic E-state index is 12.6. The minimum Gasteiger partial charge on any atom is -0.362 e. The fourth-order valence-electron chi connectivity index (χ4n) is 3.13. The SMILES string of the molecule is Cc1cc(C(=O)CSc2cc(C(=O)NC3CC3)c3ccccc3n2)c(C)[nH]1. The predicted octanol–water partition coefficient (Wildman–Crippen LogP) is 4.05. The van der Waals surface area contributed by atoms with Crippen LogP contribution >= 0.6 is 11.8 Å². The van der Waals surface area contributed by atoms with Gasteiger partial charge in [-0.15, -0.1) is 0 Å². The maximum atomic E-state index is 12.6. The highest BCUT2D eigenvalue weighted by atomic mass is 32.2. The van der Waals surface area contributed by atoms with Crippen molar-refractivity contribution in [1.82, 2.24) is 15.3 Å². The van der Waals surface area contributed by atoms with Crippen LogP contribution in [0.4, 0.5) is 0 Å². The van der Waals surface area contributed by atoms with E-state index in [0.29, 0.717) is 22.2 Å². The van der Waals surface area contributed by atoms with Crippen LogP contribution in [0.25, 0.3) is 10.9 Å². The standard InChI is InChI=1S/C21H21N3O2S/c1-12-9-16(13(2)22-12)19(25)11-27-20-10-17(21(26)23-14-7-8-14)15-5-3-4-6-18(15)24-20/h3-6,9-10,14,22H,7-8,11H2,1-2H3,(H,23,26). The summed E-state index contributed by atoms with van der Waals surface area (Å²) in [5.74, 6) is 0.273. The Labute approximate surface area is 162 Å². The summed E-state index contributed by atoms with van der Waals surface area (Å²) in [5, 5.41) is 4.57. The third-order valence-corrected chi connectivity index (χ3v) is 5.56. The molecule has 2 N–H and O–H groups in total. The molecule has 0 bridgehead atoms. The number of aromatic amines is 1. The molecule has 27 heavy (non-hydrogen) atoms. The number of H-pyrrole nitrogens is 1. The Kier molecular flexibility index (Phi) is 4.74. The van der Waals surface area contributed by atoms with Gasteiger partial charge in [0.25, 0.3) is 5.91 Å². The molecule has 0 saturated heterocycles. The average Bonchev–Trinajstić information content (AvgIpc) is 3.40. The maximum Gasteiger partial charge on any atom is 0.252 e. The molecular weight excluding hydrogens is 358 g/mol. The number of hydrogen-bond donors (Lipinski definition) is 2. The number of aryl methyl sites for hydroxylation is 2. The number of pyridine rings is 1. The van der Waals surface area contributed by atoms with Gasteiger partial charge in [-0.05, 0) is 44.9 Å². The minimum atomic E-state index is -0.0682. The molecule has 0 atom stereocenters. The van der Waals surface area contributed by atoms with Gasteiger partial charge in [0.05, 0.1) is 21.9 Å². The summed E-state index contributed by atoms with van der Waals surface area (Å²) in [6.07, 6.45) is 2.08. The van der Waals surface area contributed by atoms with Crippen molar-refractivity contribution in [3.05, 3.63) is 58.9 Å². The fourth-order valence-corrected chi connectivity index (χ4v) is 3.93. The summed E-state index contributed by atoms with van der Waals surface area (Å²) in [4.78, 5) is 33.0. The van der Waals surface area contributed by atoms with Gasteiger partial charge >= 0.3 is 0 Å². The molecule has 4 rings (SSSR count). The van der Waals surface area contributed by atoms with Crippen LogP contribution in [-0.4, -0.2) is 33.5 Å². The molecule has 0 radical (unpaired) electrons. The quantitative estimate of drug-likeness (QED) is 0.500. The molecule has 138 valence electrons. The van der Waals surface area contributed by atoms with Crippen molar-refractivity contribution in [2.24, 2.45) is 0 Å². The molecule has 2 aromatic heterocycles. The minimum absolute atomic E-state index is 0.0563. The van der Waals surface area contributed by atoms with E-state index < -0.39 is 0 Å². The van der Waals surface area contributed by atoms with Crippen LogP contribution in [0, 0.1) is 13.8 Å². The Morgan fingerprint density at radius 3 is 2.67 bits per heavy atom. The second-order valence-corrected chi connectivity index (χ2v) is 7.97. The second-order valence-electron chi connectivity index (χ2n) is 6.98. The Morgan fingerprint density at radius 1 is 1.19 bits per heavy atom. The number of benzene rings is 1. The van der Waals surface area contributed by atoms with E-state index in [2.05, 4.69) is 15.3 Å². The van der Waals surface area contributed by atoms with Gasteiger partial charge in [-0.3, -0.25) is 9.59 Å². The van der Waals surface area contributed by atoms with Crippen LogP contribution in [0.3, 0.4) is 0 Å². The van der Waals surface area contributed by atoms with Gasteiger partial charge in [0.2, 0.25) is 0 Å². The van der Waals surface area contributed by atoms with E-state index in [-0.39, 0.29) is 17.4 Å². The number of nitrogens with one attached hydrogen (secondary N) is 2. The lowest BCUT2D eigenvalue weighted by Gasteiger charge is -2.09. The smallest absolute Gasteiger partial charge is 0.252 e. The summed E-state index contributed by atoms with van der Waals surface area (Å²) in [6, 6.07) is 11.6. The van der Waals surface area contributed by atoms with E-state index in [1.165, 1.54) is 11.8 Å². The van der Waals surface area contributed by atoms with Crippen molar-refractivity contribution in [3.8, 4) is 0 Å². The molecule has 1 aliphatic carbocycles. The number of hydrogen-bond acceptors (Lipinski definition) is 4. The monoisotopic (exact) mass is 379 g/mol. The Balaban J connectivity index is 1.58. The van der Waals surface area contributed by atoms with E-state index in [0.717, 1.165) is 35.1 Å². The van der Waals surface area contributed by atoms with Crippen molar-refractivity contribution < 1.29 is 9.59 Å². The van der Waals surface area contributed by atoms with E-state index in [4.69, 9.17) is 0 Å². The molecule has 0 spiro atoms. The third-order valence-electron chi connectivity index (χ3n) is 4.65. The number of fused-ring (bicyclic) bond motifs is 1. The van der Waals surface area contributed by atoms with Crippen LogP contribution in [0.2, 0.25) is 0 Å². The van der Waals surface area contributed by atoms with E-state index in [1.54, 1.807) is 6.07 Å². The Morgan fingerprint density at radius 2 is 1.96 bits per heavy atom. The number of aromatic nitrogens is 2. The van der Waals surface area contributed by atoms with Gasteiger partial charge in [0.15, 0.2) is 5.78 Å². The van der Waals surface area contributed by atoms with Crippen LogP contribution in [-0.2, 0) is 0 Å². The molecule has 0 aliphatic heterocycles. The van der Waals surface area contributed by atoms with Gasteiger partial charge < -0.3 is 10.3 Å². The fraction of sp³-hybridized carbons (Fsp3) is 0.286. The highest BCUT2D eigenvalue weighted by Gasteiger charge is 2.25. The van der Waals surface area contributed by atoms with Crippen LogP contribution < -0.4 is 5.32 Å². The van der Waals surface area contributed by atoms with Gasteiger partial charge in [-0.2, -0.15) is 0 Å². The van der Waals surface area contributed by atoms with E-state index in [9.17, 15) is 9.59 Å². The van der Waals surface area contributed by atoms with Crippen molar-refractivity contribution >= 4 is 34.4 Å². The summed E-state index contributed by atoms with van der Waals surface area (Å²) >= 11 is 1.37. The van der Waals surface area contributed by atoms with Crippen LogP contribution in [0.15, 0.2) is 41.4 Å². The molecule has 0 unspecified atom stereocenters. The Hall–Kier alpha value is -2.60. The first-order valence-corrected chi connectivity index (χ1v) is 10.0. The molecule has 1 fully saturated rings. The van der Waals surface area contributed by atoms with Crippen LogP contribution in [0.5, 0.6) is 0 Å². The number of ketones is 1. The number of carbonyl (C=O) groups is 2. The molecule has 2 heterocycles. The molecule has 1 aliphatic rings. The molecule has 6 heteroatoms. The summed E-state index contributed by atoms with van der Waals surface area (Å²) < 4.78 is 0. The third kappa shape index (κ3) is 3.90. The van der Waals surface area contributed by atoms with Gasteiger partial charge in [0, 0.05) is 28.4 Å². The van der Waals surface area contributed by atoms with Crippen molar-refractivity contribution in [1.29, 1.82) is 0 Å². The topological polar surface area (TPSA) is 74.8 Å². The molecular formula is C21H21N3O2S. The molecule has 5 nitrogen and oxygen atoms in total. The zero-order valence-electron chi connectivity index (χ0n) is 15.3. The number of rotatable bonds is 6. The van der Waals surface area contributed by atoms with E-state index >= 15 is 0 Å². The highest BCUT2D eigenvalue weighted by Crippen LogP contribution is 2.27. The normalized spacial score (nSPS) is 13.7. The molecule has 1 aromatic carbocycles. The lowest BCUT2D eigenvalue weighted by Crippen LogP contribution is -2.25. The zero-order chi connectivity index (χ0) is 19.0.